The summed E-state index contributed by atoms with van der Waals surface area (Å²) in [7, 11) is 2.03. The molecule has 0 bridgehead atoms. The van der Waals surface area contributed by atoms with Gasteiger partial charge in [0.2, 0.25) is 0 Å². The van der Waals surface area contributed by atoms with Crippen LogP contribution < -0.4 is 10.2 Å². The minimum atomic E-state index is -3.54. The summed E-state index contributed by atoms with van der Waals surface area (Å²) in [4.78, 5) is 0. The summed E-state index contributed by atoms with van der Waals surface area (Å²) in [6.45, 7) is 8.12. The zero-order valence-electron chi connectivity index (χ0n) is 16.9. The number of rotatable bonds is 6. The van der Waals surface area contributed by atoms with Gasteiger partial charge in [-0.3, -0.25) is 0 Å². The van der Waals surface area contributed by atoms with Crippen molar-refractivity contribution in [1.29, 1.82) is 0 Å². The Morgan fingerprint density at radius 3 is 2.08 bits per heavy atom. The molecular formula is C17H29BN2O5S. The zero-order chi connectivity index (χ0) is 19.9. The summed E-state index contributed by atoms with van der Waals surface area (Å²) in [6.07, 6.45) is 0. The molecule has 0 amide bonds. The fraction of sp³-hybridized carbons (Fsp3) is 0.647. The third-order valence-corrected chi connectivity index (χ3v) is 6.95. The van der Waals surface area contributed by atoms with E-state index in [1.54, 1.807) is 14.2 Å². The lowest BCUT2D eigenvalue weighted by atomic mass is 9.76. The summed E-state index contributed by atoms with van der Waals surface area (Å²) < 4.78 is 44.8. The molecule has 0 unspecified atom stereocenters. The van der Waals surface area contributed by atoms with E-state index in [0.29, 0.717) is 5.75 Å². The molecule has 1 saturated heterocycles. The van der Waals surface area contributed by atoms with Crippen LogP contribution in [0.3, 0.4) is 0 Å². The van der Waals surface area contributed by atoms with E-state index in [0.717, 1.165) is 11.0 Å². The predicted octanol–water partition coefficient (Wildman–Crippen LogP) is 1.23. The first-order chi connectivity index (χ1) is 11.8. The van der Waals surface area contributed by atoms with Crippen LogP contribution >= 0.6 is 0 Å². The van der Waals surface area contributed by atoms with E-state index in [1.807, 2.05) is 45.9 Å². The number of methoxy groups -OCH3 is 1. The van der Waals surface area contributed by atoms with Crippen LogP contribution in [0.4, 0.5) is 0 Å². The lowest BCUT2D eigenvalue weighted by Gasteiger charge is -2.32. The topological polar surface area (TPSA) is 68.3 Å². The number of hydrogen-bond donors (Lipinski definition) is 0. The van der Waals surface area contributed by atoms with Gasteiger partial charge in [-0.1, -0.05) is 6.07 Å². The second kappa shape index (κ2) is 7.12. The van der Waals surface area contributed by atoms with E-state index < -0.39 is 28.5 Å². The van der Waals surface area contributed by atoms with E-state index in [9.17, 15) is 8.42 Å². The highest BCUT2D eigenvalue weighted by atomic mass is 32.2. The quantitative estimate of drug-likeness (QED) is 0.691. The molecule has 1 aromatic carbocycles. The summed E-state index contributed by atoms with van der Waals surface area (Å²) in [5.74, 6) is 0.649. The van der Waals surface area contributed by atoms with E-state index >= 15 is 0 Å². The Kier molecular flexibility index (Phi) is 5.80. The molecule has 0 N–H and O–H groups in total. The molecule has 0 aliphatic carbocycles. The van der Waals surface area contributed by atoms with Crippen molar-refractivity contribution in [1.82, 2.24) is 8.61 Å². The molecule has 0 saturated carbocycles. The maximum Gasteiger partial charge on any atom is 0.495 e. The number of benzene rings is 1. The number of nitrogens with zero attached hydrogens (tertiary/aromatic N) is 2. The van der Waals surface area contributed by atoms with Gasteiger partial charge < -0.3 is 14.0 Å². The third-order valence-electron chi connectivity index (χ3n) is 5.11. The molecule has 1 aliphatic heterocycles. The second-order valence-corrected chi connectivity index (χ2v) is 9.95. The standard InChI is InChI=1S/C17H29BN2O5S/c1-16(2)17(3,4)25-18(24-16)15-10-9-14(23-8)11-13(15)12-20(7)26(21,22)19(5)6/h9-11H,12H2,1-8H3. The van der Waals surface area contributed by atoms with Gasteiger partial charge in [0, 0.05) is 27.7 Å². The van der Waals surface area contributed by atoms with Crippen LogP contribution in [0.2, 0.25) is 0 Å². The Bertz CT molecular complexity index is 748. The van der Waals surface area contributed by atoms with E-state index in [1.165, 1.54) is 22.7 Å². The Balaban J connectivity index is 2.40. The number of ether oxygens (including phenoxy) is 1. The monoisotopic (exact) mass is 384 g/mol. The minimum Gasteiger partial charge on any atom is -0.497 e. The molecular weight excluding hydrogens is 355 g/mol. The summed E-state index contributed by atoms with van der Waals surface area (Å²) in [5.41, 5.74) is 0.619. The molecule has 1 aliphatic rings. The first kappa shape index (κ1) is 21.2. The summed E-state index contributed by atoms with van der Waals surface area (Å²) >= 11 is 0. The van der Waals surface area contributed by atoms with E-state index in [2.05, 4.69) is 0 Å². The van der Waals surface area contributed by atoms with Gasteiger partial charge in [-0.05, 0) is 50.9 Å². The minimum absolute atomic E-state index is 0.178. The van der Waals surface area contributed by atoms with Gasteiger partial charge in [0.05, 0.1) is 18.3 Å². The van der Waals surface area contributed by atoms with E-state index in [-0.39, 0.29) is 6.54 Å². The van der Waals surface area contributed by atoms with Crippen molar-refractivity contribution in [3.63, 3.8) is 0 Å². The SMILES string of the molecule is COc1ccc(B2OC(C)(C)C(C)(C)O2)c(CN(C)S(=O)(=O)N(C)C)c1. The Morgan fingerprint density at radius 1 is 1.08 bits per heavy atom. The van der Waals surface area contributed by atoms with Crippen LogP contribution in [0.25, 0.3) is 0 Å². The molecule has 7 nitrogen and oxygen atoms in total. The van der Waals surface area contributed by atoms with Crippen molar-refractivity contribution in [3.05, 3.63) is 23.8 Å². The van der Waals surface area contributed by atoms with Gasteiger partial charge in [-0.15, -0.1) is 0 Å². The Hall–Kier alpha value is -1.13. The van der Waals surface area contributed by atoms with Crippen LogP contribution in [0, 0.1) is 0 Å². The summed E-state index contributed by atoms with van der Waals surface area (Å²) in [5, 5.41) is 0. The van der Waals surface area contributed by atoms with Crippen molar-refractivity contribution < 1.29 is 22.5 Å². The van der Waals surface area contributed by atoms with Gasteiger partial charge in [0.15, 0.2) is 0 Å². The van der Waals surface area contributed by atoms with Crippen molar-refractivity contribution >= 4 is 22.8 Å². The smallest absolute Gasteiger partial charge is 0.495 e. The van der Waals surface area contributed by atoms with Crippen molar-refractivity contribution in [2.45, 2.75) is 45.4 Å². The molecule has 146 valence electrons. The molecule has 1 fully saturated rings. The maximum absolute atomic E-state index is 12.4. The molecule has 0 aromatic heterocycles. The largest absolute Gasteiger partial charge is 0.497 e. The first-order valence-corrected chi connectivity index (χ1v) is 9.88. The van der Waals surface area contributed by atoms with Gasteiger partial charge >= 0.3 is 7.12 Å². The van der Waals surface area contributed by atoms with Gasteiger partial charge in [-0.2, -0.15) is 17.0 Å². The molecule has 1 aromatic rings. The van der Waals surface area contributed by atoms with E-state index in [4.69, 9.17) is 14.0 Å². The van der Waals surface area contributed by atoms with Crippen LogP contribution in [0.5, 0.6) is 5.75 Å². The lowest BCUT2D eigenvalue weighted by molar-refractivity contribution is 0.00578. The predicted molar refractivity (Wildman–Crippen MR) is 103 cm³/mol. The maximum atomic E-state index is 12.4. The van der Waals surface area contributed by atoms with Crippen LogP contribution in [-0.4, -0.2) is 63.6 Å². The Labute approximate surface area is 157 Å². The van der Waals surface area contributed by atoms with Crippen molar-refractivity contribution in [2.75, 3.05) is 28.3 Å². The second-order valence-electron chi connectivity index (χ2n) is 7.70. The first-order valence-electron chi connectivity index (χ1n) is 8.48. The molecule has 1 heterocycles. The molecule has 0 spiro atoms. The average molecular weight is 384 g/mol. The normalized spacial score (nSPS) is 19.4. The molecule has 0 atom stereocenters. The van der Waals surface area contributed by atoms with Gasteiger partial charge in [0.25, 0.3) is 10.2 Å². The lowest BCUT2D eigenvalue weighted by Crippen LogP contribution is -2.41. The highest BCUT2D eigenvalue weighted by Crippen LogP contribution is 2.37. The van der Waals surface area contributed by atoms with Crippen molar-refractivity contribution in [3.8, 4) is 5.75 Å². The fourth-order valence-corrected chi connectivity index (χ4v) is 3.51. The fourth-order valence-electron chi connectivity index (χ4n) is 2.65. The highest BCUT2D eigenvalue weighted by Gasteiger charge is 2.52. The molecule has 9 heteroatoms. The van der Waals surface area contributed by atoms with Crippen LogP contribution in [0.1, 0.15) is 33.3 Å². The zero-order valence-corrected chi connectivity index (χ0v) is 17.7. The van der Waals surface area contributed by atoms with Gasteiger partial charge in [0.1, 0.15) is 5.75 Å². The van der Waals surface area contributed by atoms with Crippen LogP contribution in [-0.2, 0) is 26.1 Å². The third kappa shape index (κ3) is 3.92. The molecule has 0 radical (unpaired) electrons. The number of hydrogen-bond acceptors (Lipinski definition) is 5. The molecule has 26 heavy (non-hydrogen) atoms. The average Bonchev–Trinajstić information content (AvgIpc) is 2.74. The Morgan fingerprint density at radius 2 is 1.62 bits per heavy atom. The molecule has 2 rings (SSSR count). The van der Waals surface area contributed by atoms with Crippen molar-refractivity contribution in [2.24, 2.45) is 0 Å². The highest BCUT2D eigenvalue weighted by molar-refractivity contribution is 7.86. The van der Waals surface area contributed by atoms with Crippen LogP contribution in [0.15, 0.2) is 18.2 Å². The van der Waals surface area contributed by atoms with Gasteiger partial charge in [-0.25, -0.2) is 0 Å². The summed E-state index contributed by atoms with van der Waals surface area (Å²) in [6, 6.07) is 5.51.